The number of rotatable bonds is 25. The molecular weight excluding hydrogens is 609 g/mol. The highest BCUT2D eigenvalue weighted by atomic mass is 31.2. The first-order chi connectivity index (χ1) is 21.8. The molecule has 262 valence electrons. The van der Waals surface area contributed by atoms with Crippen molar-refractivity contribution in [3.63, 3.8) is 0 Å². The summed E-state index contributed by atoms with van der Waals surface area (Å²) in [6.45, 7) is 11.3. The standard InChI is InChI=1S/C27H50N5O10P.C2H6/c1-4-41-43(5-2)42-17-16-40-15-14-39-13-11-28-24(34)18-30-26(36)20-31-25(35)19-29-23(33)8-6-7-9-27(37)32-12-10-22(21-32)38-3;1-2/h22H,4-21H2,1-3H3,(H,28,34)(H,29,33)(H,30,36)(H,31,35);1-2H3/t22-,43?;/m0./s1. The number of amides is 5. The van der Waals surface area contributed by atoms with Crippen LogP contribution in [0.5, 0.6) is 0 Å². The summed E-state index contributed by atoms with van der Waals surface area (Å²) in [5.41, 5.74) is 0. The Hall–Kier alpha value is -2.42. The Kier molecular flexibility index (Phi) is 27.5. The molecule has 1 fully saturated rings. The quantitative estimate of drug-likeness (QED) is 0.0800. The molecule has 45 heavy (non-hydrogen) atoms. The van der Waals surface area contributed by atoms with Crippen LogP contribution in [0.4, 0.5) is 0 Å². The van der Waals surface area contributed by atoms with Gasteiger partial charge in [0.15, 0.2) is 8.38 Å². The van der Waals surface area contributed by atoms with Crippen LogP contribution in [0, 0.1) is 0 Å². The minimum Gasteiger partial charge on any atom is -0.380 e. The Morgan fingerprint density at radius 3 is 1.87 bits per heavy atom. The molecule has 4 N–H and O–H groups in total. The summed E-state index contributed by atoms with van der Waals surface area (Å²) >= 11 is 0. The van der Waals surface area contributed by atoms with Gasteiger partial charge in [-0.25, -0.2) is 0 Å². The van der Waals surface area contributed by atoms with Crippen LogP contribution in [0.3, 0.4) is 0 Å². The fourth-order valence-electron chi connectivity index (χ4n) is 3.83. The molecule has 0 aromatic heterocycles. The first-order valence-corrected chi connectivity index (χ1v) is 17.2. The molecule has 0 aromatic rings. The first kappa shape index (κ1) is 42.6. The highest BCUT2D eigenvalue weighted by Gasteiger charge is 2.25. The van der Waals surface area contributed by atoms with Crippen molar-refractivity contribution < 1.29 is 47.2 Å². The van der Waals surface area contributed by atoms with Crippen molar-refractivity contribution in [2.75, 3.05) is 92.2 Å². The summed E-state index contributed by atoms with van der Waals surface area (Å²) in [7, 11) is 0.796. The van der Waals surface area contributed by atoms with Gasteiger partial charge in [-0.2, -0.15) is 0 Å². The van der Waals surface area contributed by atoms with Gasteiger partial charge in [0, 0.05) is 45.7 Å². The molecule has 0 radical (unpaired) electrons. The molecule has 1 aliphatic rings. The third kappa shape index (κ3) is 23.6. The van der Waals surface area contributed by atoms with Crippen molar-refractivity contribution >= 4 is 37.9 Å². The number of carbonyl (C=O) groups excluding carboxylic acids is 5. The second kappa shape index (κ2) is 29.0. The van der Waals surface area contributed by atoms with Crippen LogP contribution in [0.15, 0.2) is 0 Å². The lowest BCUT2D eigenvalue weighted by molar-refractivity contribution is -0.131. The van der Waals surface area contributed by atoms with Gasteiger partial charge >= 0.3 is 0 Å². The highest BCUT2D eigenvalue weighted by molar-refractivity contribution is 7.47. The van der Waals surface area contributed by atoms with Gasteiger partial charge in [0.2, 0.25) is 29.5 Å². The van der Waals surface area contributed by atoms with E-state index in [9.17, 15) is 24.0 Å². The summed E-state index contributed by atoms with van der Waals surface area (Å²) in [6, 6.07) is 0. The molecule has 0 aromatic carbocycles. The van der Waals surface area contributed by atoms with E-state index in [4.69, 9.17) is 23.3 Å². The number of nitrogens with one attached hydrogen (secondary N) is 4. The van der Waals surface area contributed by atoms with E-state index < -0.39 is 26.1 Å². The largest absolute Gasteiger partial charge is 0.380 e. The molecule has 1 heterocycles. The van der Waals surface area contributed by atoms with E-state index in [0.717, 1.165) is 12.6 Å². The molecule has 0 aliphatic carbocycles. The van der Waals surface area contributed by atoms with Gasteiger partial charge in [0.1, 0.15) is 0 Å². The lowest BCUT2D eigenvalue weighted by Gasteiger charge is -2.15. The van der Waals surface area contributed by atoms with Crippen molar-refractivity contribution in [2.45, 2.75) is 65.9 Å². The molecule has 1 rings (SSSR count). The Balaban J connectivity index is 0.00000947. The van der Waals surface area contributed by atoms with E-state index in [1.165, 1.54) is 0 Å². The van der Waals surface area contributed by atoms with Crippen LogP contribution in [0.1, 0.15) is 59.8 Å². The normalized spacial score (nSPS) is 14.6. The Labute approximate surface area is 269 Å². The van der Waals surface area contributed by atoms with E-state index in [1.54, 1.807) is 12.0 Å². The lowest BCUT2D eigenvalue weighted by atomic mass is 10.1. The maximum absolute atomic E-state index is 12.2. The zero-order valence-electron chi connectivity index (χ0n) is 27.8. The highest BCUT2D eigenvalue weighted by Crippen LogP contribution is 2.36. The number of hydrogen-bond donors (Lipinski definition) is 4. The topological polar surface area (TPSA) is 183 Å². The molecule has 0 bridgehead atoms. The minimum atomic E-state index is -0.841. The number of nitrogens with zero attached hydrogens (tertiary/aromatic N) is 1. The smallest absolute Gasteiger partial charge is 0.239 e. The molecule has 2 atom stereocenters. The third-order valence-corrected chi connectivity index (χ3v) is 7.68. The molecule has 1 aliphatic heterocycles. The molecule has 1 unspecified atom stereocenters. The maximum Gasteiger partial charge on any atom is 0.239 e. The van der Waals surface area contributed by atoms with Crippen molar-refractivity contribution in [2.24, 2.45) is 0 Å². The summed E-state index contributed by atoms with van der Waals surface area (Å²) in [5, 5.41) is 9.88. The van der Waals surface area contributed by atoms with Gasteiger partial charge in [0.25, 0.3) is 0 Å². The van der Waals surface area contributed by atoms with Crippen LogP contribution in [0.2, 0.25) is 0 Å². The first-order valence-electron chi connectivity index (χ1n) is 15.8. The molecule has 15 nitrogen and oxygen atoms in total. The van der Waals surface area contributed by atoms with Gasteiger partial charge in [-0.1, -0.05) is 20.8 Å². The fourth-order valence-corrected chi connectivity index (χ4v) is 4.83. The SMILES string of the molecule is CC.CCOP(CC)OCCOCCOCCNC(=O)CNC(=O)CNC(=O)CNC(=O)CCCCC(=O)N1CC[C@H](OC)C1. The van der Waals surface area contributed by atoms with Crippen molar-refractivity contribution in [3.8, 4) is 0 Å². The van der Waals surface area contributed by atoms with E-state index in [1.807, 2.05) is 27.7 Å². The minimum absolute atomic E-state index is 0.0584. The summed E-state index contributed by atoms with van der Waals surface area (Å²) in [5.74, 6) is -1.72. The zero-order chi connectivity index (χ0) is 33.7. The maximum atomic E-state index is 12.2. The Bertz CT molecular complexity index is 839. The average molecular weight is 666 g/mol. The fraction of sp³-hybridized carbons (Fsp3) is 0.828. The Morgan fingerprint density at radius 1 is 0.733 bits per heavy atom. The van der Waals surface area contributed by atoms with E-state index in [0.29, 0.717) is 72.0 Å². The molecular formula is C29H56N5O10P. The predicted octanol–water partition coefficient (Wildman–Crippen LogP) is 0.703. The van der Waals surface area contributed by atoms with E-state index in [2.05, 4.69) is 21.3 Å². The van der Waals surface area contributed by atoms with Gasteiger partial charge in [0.05, 0.1) is 65.4 Å². The third-order valence-electron chi connectivity index (χ3n) is 6.15. The number of methoxy groups -OCH3 is 1. The number of likely N-dealkylation sites (tertiary alicyclic amines) is 1. The molecule has 0 spiro atoms. The number of carbonyl (C=O) groups is 5. The second-order valence-electron chi connectivity index (χ2n) is 9.50. The average Bonchev–Trinajstić information content (AvgIpc) is 3.54. The monoisotopic (exact) mass is 665 g/mol. The van der Waals surface area contributed by atoms with Crippen molar-refractivity contribution in [1.82, 2.24) is 26.2 Å². The number of unbranched alkanes of at least 4 members (excludes halogenated alkanes) is 1. The van der Waals surface area contributed by atoms with Crippen LogP contribution < -0.4 is 21.3 Å². The van der Waals surface area contributed by atoms with Gasteiger partial charge in [-0.15, -0.1) is 0 Å². The van der Waals surface area contributed by atoms with Gasteiger partial charge in [-0.3, -0.25) is 24.0 Å². The van der Waals surface area contributed by atoms with Crippen molar-refractivity contribution in [1.29, 1.82) is 0 Å². The van der Waals surface area contributed by atoms with Crippen LogP contribution in [-0.2, 0) is 47.2 Å². The molecule has 5 amide bonds. The zero-order valence-corrected chi connectivity index (χ0v) is 28.7. The molecule has 0 saturated carbocycles. The van der Waals surface area contributed by atoms with Crippen LogP contribution in [-0.4, -0.2) is 133 Å². The molecule has 16 heteroatoms. The Morgan fingerprint density at radius 2 is 1.29 bits per heavy atom. The summed E-state index contributed by atoms with van der Waals surface area (Å²) < 4.78 is 27.1. The van der Waals surface area contributed by atoms with Crippen molar-refractivity contribution in [3.05, 3.63) is 0 Å². The molecule has 1 saturated heterocycles. The lowest BCUT2D eigenvalue weighted by Crippen LogP contribution is -2.44. The number of hydrogen-bond acceptors (Lipinski definition) is 10. The predicted molar refractivity (Wildman–Crippen MR) is 171 cm³/mol. The summed E-state index contributed by atoms with van der Waals surface area (Å²) in [6.07, 6.45) is 3.44. The van der Waals surface area contributed by atoms with Gasteiger partial charge < -0.3 is 49.4 Å². The van der Waals surface area contributed by atoms with Gasteiger partial charge in [-0.05, 0) is 26.2 Å². The van der Waals surface area contributed by atoms with E-state index >= 15 is 0 Å². The van der Waals surface area contributed by atoms with Crippen LogP contribution >= 0.6 is 8.38 Å². The summed E-state index contributed by atoms with van der Waals surface area (Å²) in [4.78, 5) is 61.5. The van der Waals surface area contributed by atoms with E-state index in [-0.39, 0.29) is 50.5 Å². The second-order valence-corrected chi connectivity index (χ2v) is 11.3. The number of ether oxygens (including phenoxy) is 3. The van der Waals surface area contributed by atoms with Crippen LogP contribution in [0.25, 0.3) is 0 Å².